The Morgan fingerprint density at radius 3 is 1.83 bits per heavy atom. The van der Waals surface area contributed by atoms with Crippen LogP contribution in [0.3, 0.4) is 0 Å². The molecule has 24 heavy (non-hydrogen) atoms. The van der Waals surface area contributed by atoms with E-state index in [-0.39, 0.29) is 11.9 Å². The van der Waals surface area contributed by atoms with Crippen LogP contribution in [-0.2, 0) is 9.53 Å². The predicted octanol–water partition coefficient (Wildman–Crippen LogP) is 7.30. The number of hydrogen-bond acceptors (Lipinski definition) is 2. The third-order valence-corrected chi connectivity index (χ3v) is 5.24. The summed E-state index contributed by atoms with van der Waals surface area (Å²) >= 11 is 0. The standard InChI is InChI=1S/C22H44O2/c1-5-9-11-13-14-16-18-21(8-4)22(23)24-19-20(7-3)17-15-12-10-6-2/h20-21H,5-19H2,1-4H3. The lowest BCUT2D eigenvalue weighted by Gasteiger charge is -2.18. The molecule has 0 saturated heterocycles. The Morgan fingerprint density at radius 2 is 1.25 bits per heavy atom. The van der Waals surface area contributed by atoms with Crippen LogP contribution in [0, 0.1) is 11.8 Å². The van der Waals surface area contributed by atoms with Crippen LogP contribution in [-0.4, -0.2) is 12.6 Å². The van der Waals surface area contributed by atoms with Crippen LogP contribution in [0.25, 0.3) is 0 Å². The normalized spacial score (nSPS) is 13.7. The van der Waals surface area contributed by atoms with Gasteiger partial charge in [-0.25, -0.2) is 0 Å². The minimum atomic E-state index is 0.0538. The first-order valence-electron chi connectivity index (χ1n) is 10.9. The van der Waals surface area contributed by atoms with Crippen molar-refractivity contribution in [1.29, 1.82) is 0 Å². The summed E-state index contributed by atoms with van der Waals surface area (Å²) in [5.41, 5.74) is 0. The second-order valence-corrected chi connectivity index (χ2v) is 7.42. The average Bonchev–Trinajstić information content (AvgIpc) is 2.60. The summed E-state index contributed by atoms with van der Waals surface area (Å²) < 4.78 is 5.66. The summed E-state index contributed by atoms with van der Waals surface area (Å²) in [5, 5.41) is 0. The molecule has 0 heterocycles. The molecule has 2 unspecified atom stereocenters. The maximum atomic E-state index is 12.3. The third kappa shape index (κ3) is 12.8. The monoisotopic (exact) mass is 340 g/mol. The molecule has 0 aromatic rings. The van der Waals surface area contributed by atoms with Gasteiger partial charge in [-0.15, -0.1) is 0 Å². The van der Waals surface area contributed by atoms with Crippen molar-refractivity contribution in [3.8, 4) is 0 Å². The maximum absolute atomic E-state index is 12.3. The number of carbonyl (C=O) groups is 1. The zero-order chi connectivity index (χ0) is 18.0. The fourth-order valence-electron chi connectivity index (χ4n) is 3.24. The van der Waals surface area contributed by atoms with Crippen LogP contribution in [0.4, 0.5) is 0 Å². The maximum Gasteiger partial charge on any atom is 0.308 e. The largest absolute Gasteiger partial charge is 0.465 e. The summed E-state index contributed by atoms with van der Waals surface area (Å²) in [6.07, 6.45) is 17.2. The van der Waals surface area contributed by atoms with Crippen LogP contribution in [0.15, 0.2) is 0 Å². The second-order valence-electron chi connectivity index (χ2n) is 7.42. The quantitative estimate of drug-likeness (QED) is 0.205. The Hall–Kier alpha value is -0.530. The number of unbranched alkanes of at least 4 members (excludes halogenated alkanes) is 8. The molecule has 0 bridgehead atoms. The van der Waals surface area contributed by atoms with Crippen molar-refractivity contribution in [2.75, 3.05) is 6.61 Å². The molecule has 0 aromatic carbocycles. The lowest BCUT2D eigenvalue weighted by Crippen LogP contribution is -2.21. The second kappa shape index (κ2) is 17.3. The van der Waals surface area contributed by atoms with Crippen molar-refractivity contribution in [3.63, 3.8) is 0 Å². The number of carbonyl (C=O) groups excluding carboxylic acids is 1. The first kappa shape index (κ1) is 23.5. The molecule has 0 spiro atoms. The van der Waals surface area contributed by atoms with Crippen molar-refractivity contribution in [2.24, 2.45) is 11.8 Å². The molecule has 0 aliphatic rings. The van der Waals surface area contributed by atoms with E-state index in [9.17, 15) is 4.79 Å². The molecule has 0 rings (SSSR count). The molecule has 0 aromatic heterocycles. The van der Waals surface area contributed by atoms with Gasteiger partial charge in [-0.3, -0.25) is 4.79 Å². The highest BCUT2D eigenvalue weighted by Crippen LogP contribution is 2.19. The molecule has 0 N–H and O–H groups in total. The van der Waals surface area contributed by atoms with Gasteiger partial charge in [0.1, 0.15) is 0 Å². The highest BCUT2D eigenvalue weighted by atomic mass is 16.5. The fourth-order valence-corrected chi connectivity index (χ4v) is 3.24. The molecule has 0 aliphatic carbocycles. The summed E-state index contributed by atoms with van der Waals surface area (Å²) in [5.74, 6) is 0.726. The first-order valence-corrected chi connectivity index (χ1v) is 10.9. The highest BCUT2D eigenvalue weighted by molar-refractivity contribution is 5.72. The SMILES string of the molecule is CCCCCCCCC(CC)C(=O)OCC(CC)CCCCCC. The van der Waals surface area contributed by atoms with Gasteiger partial charge in [0.2, 0.25) is 0 Å². The number of ether oxygens (including phenoxy) is 1. The van der Waals surface area contributed by atoms with Gasteiger partial charge in [-0.2, -0.15) is 0 Å². The Bertz CT molecular complexity index is 275. The summed E-state index contributed by atoms with van der Waals surface area (Å²) in [4.78, 5) is 12.3. The van der Waals surface area contributed by atoms with Crippen molar-refractivity contribution in [3.05, 3.63) is 0 Å². The van der Waals surface area contributed by atoms with Gasteiger partial charge in [0.05, 0.1) is 12.5 Å². The third-order valence-electron chi connectivity index (χ3n) is 5.24. The van der Waals surface area contributed by atoms with E-state index in [1.54, 1.807) is 0 Å². The lowest BCUT2D eigenvalue weighted by atomic mass is 9.97. The smallest absolute Gasteiger partial charge is 0.308 e. The van der Waals surface area contributed by atoms with Crippen molar-refractivity contribution < 1.29 is 9.53 Å². The van der Waals surface area contributed by atoms with Crippen molar-refractivity contribution in [1.82, 2.24) is 0 Å². The highest BCUT2D eigenvalue weighted by Gasteiger charge is 2.19. The van der Waals surface area contributed by atoms with Gasteiger partial charge in [-0.1, -0.05) is 98.3 Å². The minimum Gasteiger partial charge on any atom is -0.465 e. The Morgan fingerprint density at radius 1 is 0.708 bits per heavy atom. The number of rotatable bonds is 17. The first-order chi connectivity index (χ1) is 11.7. The van der Waals surface area contributed by atoms with E-state index in [2.05, 4.69) is 27.7 Å². The molecular formula is C22H44O2. The molecule has 0 radical (unpaired) electrons. The lowest BCUT2D eigenvalue weighted by molar-refractivity contribution is -0.150. The summed E-state index contributed by atoms with van der Waals surface area (Å²) in [6.45, 7) is 9.45. The fraction of sp³-hybridized carbons (Fsp3) is 0.955. The van der Waals surface area contributed by atoms with Gasteiger partial charge in [0, 0.05) is 0 Å². The zero-order valence-corrected chi connectivity index (χ0v) is 17.1. The molecule has 2 atom stereocenters. The molecule has 0 aliphatic heterocycles. The van der Waals surface area contributed by atoms with E-state index < -0.39 is 0 Å². The zero-order valence-electron chi connectivity index (χ0n) is 17.1. The summed E-state index contributed by atoms with van der Waals surface area (Å²) in [6, 6.07) is 0. The Balaban J connectivity index is 3.89. The number of hydrogen-bond donors (Lipinski definition) is 0. The molecular weight excluding hydrogens is 296 g/mol. The van der Waals surface area contributed by atoms with E-state index in [0.29, 0.717) is 12.5 Å². The Labute approximate surface area is 152 Å². The predicted molar refractivity (Wildman–Crippen MR) is 105 cm³/mol. The minimum absolute atomic E-state index is 0.0538. The van der Waals surface area contributed by atoms with E-state index in [4.69, 9.17) is 4.74 Å². The molecule has 144 valence electrons. The average molecular weight is 341 g/mol. The van der Waals surface area contributed by atoms with Crippen molar-refractivity contribution in [2.45, 2.75) is 118 Å². The van der Waals surface area contributed by atoms with Gasteiger partial charge in [0.25, 0.3) is 0 Å². The van der Waals surface area contributed by atoms with Gasteiger partial charge in [0.15, 0.2) is 0 Å². The van der Waals surface area contributed by atoms with E-state index in [1.807, 2.05) is 0 Å². The Kier molecular flexibility index (Phi) is 16.9. The van der Waals surface area contributed by atoms with Crippen LogP contribution < -0.4 is 0 Å². The van der Waals surface area contributed by atoms with Gasteiger partial charge >= 0.3 is 5.97 Å². The number of esters is 1. The summed E-state index contributed by atoms with van der Waals surface area (Å²) in [7, 11) is 0. The molecule has 0 fully saturated rings. The molecule has 0 amide bonds. The van der Waals surface area contributed by atoms with E-state index in [1.165, 1.54) is 70.6 Å². The van der Waals surface area contributed by atoms with Crippen LogP contribution in [0.1, 0.15) is 118 Å². The molecule has 0 saturated carbocycles. The molecule has 2 heteroatoms. The van der Waals surface area contributed by atoms with Crippen LogP contribution >= 0.6 is 0 Å². The van der Waals surface area contributed by atoms with Gasteiger partial charge < -0.3 is 4.74 Å². The molecule has 2 nitrogen and oxygen atoms in total. The van der Waals surface area contributed by atoms with Crippen LogP contribution in [0.5, 0.6) is 0 Å². The van der Waals surface area contributed by atoms with Gasteiger partial charge in [-0.05, 0) is 25.2 Å². The van der Waals surface area contributed by atoms with Crippen LogP contribution in [0.2, 0.25) is 0 Å². The van der Waals surface area contributed by atoms with Crippen molar-refractivity contribution >= 4 is 5.97 Å². The van der Waals surface area contributed by atoms with E-state index in [0.717, 1.165) is 19.3 Å². The van der Waals surface area contributed by atoms with E-state index >= 15 is 0 Å². The topological polar surface area (TPSA) is 26.3 Å².